The highest BCUT2D eigenvalue weighted by Crippen LogP contribution is 2.40. The summed E-state index contributed by atoms with van der Waals surface area (Å²) < 4.78 is 5.50. The zero-order valence-corrected chi connectivity index (χ0v) is 17.1. The lowest BCUT2D eigenvalue weighted by molar-refractivity contribution is -0.156. The number of ether oxygens (including phenoxy) is 1. The summed E-state index contributed by atoms with van der Waals surface area (Å²) in [6.07, 6.45) is 9.48. The number of benzene rings is 1. The van der Waals surface area contributed by atoms with Gasteiger partial charge in [0.15, 0.2) is 6.61 Å². The molecule has 1 unspecified atom stereocenters. The van der Waals surface area contributed by atoms with Crippen LogP contribution in [0.4, 0.5) is 5.69 Å². The predicted octanol–water partition coefficient (Wildman–Crippen LogP) is 4.29. The van der Waals surface area contributed by atoms with Gasteiger partial charge in [0.05, 0.1) is 5.92 Å². The Morgan fingerprint density at radius 1 is 0.897 bits per heavy atom. The molecule has 3 aliphatic carbocycles. The number of hydrogen-bond donors (Lipinski definition) is 0. The smallest absolute Gasteiger partial charge is 0.309 e. The fourth-order valence-corrected chi connectivity index (χ4v) is 5.48. The van der Waals surface area contributed by atoms with Gasteiger partial charge in [0.1, 0.15) is 5.78 Å². The van der Waals surface area contributed by atoms with E-state index in [-0.39, 0.29) is 42.3 Å². The second-order valence-corrected chi connectivity index (χ2v) is 8.89. The van der Waals surface area contributed by atoms with Crippen LogP contribution < -0.4 is 4.90 Å². The van der Waals surface area contributed by atoms with Crippen LogP contribution in [0.15, 0.2) is 30.3 Å². The van der Waals surface area contributed by atoms with Crippen LogP contribution in [0.25, 0.3) is 0 Å². The molecule has 0 aromatic heterocycles. The lowest BCUT2D eigenvalue weighted by atomic mass is 9.67. The van der Waals surface area contributed by atoms with Crippen molar-refractivity contribution in [2.24, 2.45) is 17.8 Å². The van der Waals surface area contributed by atoms with E-state index in [0.717, 1.165) is 50.6 Å². The number of carbonyl (C=O) groups excluding carboxylic acids is 3. The van der Waals surface area contributed by atoms with E-state index in [9.17, 15) is 14.4 Å². The molecule has 1 aromatic rings. The number of hydrogen-bond acceptors (Lipinski definition) is 4. The fourth-order valence-electron chi connectivity index (χ4n) is 5.48. The lowest BCUT2D eigenvalue weighted by Crippen LogP contribution is -2.44. The largest absolute Gasteiger partial charge is 0.455 e. The number of Topliss-reactive ketones (excluding diaryl/α,β-unsaturated/α-hetero) is 1. The van der Waals surface area contributed by atoms with Gasteiger partial charge in [-0.25, -0.2) is 0 Å². The molecular weight excluding hydrogens is 366 g/mol. The van der Waals surface area contributed by atoms with Gasteiger partial charge in [0.2, 0.25) is 0 Å². The minimum Gasteiger partial charge on any atom is -0.455 e. The SMILES string of the molecule is O=C(OCC(=O)N(c1ccccc1)C1CCCCC1)C1C[C@H]2CCC[C@@H](C1)C2=O. The summed E-state index contributed by atoms with van der Waals surface area (Å²) in [5, 5.41) is 0. The van der Waals surface area contributed by atoms with Gasteiger partial charge < -0.3 is 9.64 Å². The normalized spacial score (nSPS) is 27.3. The van der Waals surface area contributed by atoms with E-state index in [1.54, 1.807) is 0 Å². The van der Waals surface area contributed by atoms with Gasteiger partial charge in [-0.1, -0.05) is 43.9 Å². The monoisotopic (exact) mass is 397 g/mol. The van der Waals surface area contributed by atoms with E-state index in [1.807, 2.05) is 35.2 Å². The molecule has 2 bridgehead atoms. The first-order valence-corrected chi connectivity index (χ1v) is 11.2. The van der Waals surface area contributed by atoms with E-state index in [2.05, 4.69) is 0 Å². The average Bonchev–Trinajstić information content (AvgIpc) is 2.73. The lowest BCUT2D eigenvalue weighted by Gasteiger charge is -2.37. The van der Waals surface area contributed by atoms with Crippen LogP contribution in [0.1, 0.15) is 64.2 Å². The Labute approximate surface area is 172 Å². The highest BCUT2D eigenvalue weighted by atomic mass is 16.5. The number of anilines is 1. The zero-order valence-electron chi connectivity index (χ0n) is 17.1. The third-order valence-corrected chi connectivity index (χ3v) is 6.96. The van der Waals surface area contributed by atoms with Gasteiger partial charge in [-0.3, -0.25) is 14.4 Å². The van der Waals surface area contributed by atoms with Crippen molar-refractivity contribution in [2.75, 3.05) is 11.5 Å². The number of fused-ring (bicyclic) bond motifs is 2. The molecule has 0 radical (unpaired) electrons. The first-order chi connectivity index (χ1) is 14.1. The molecular formula is C24H31NO4. The third kappa shape index (κ3) is 4.54. The molecule has 5 nitrogen and oxygen atoms in total. The number of carbonyl (C=O) groups is 3. The second-order valence-electron chi connectivity index (χ2n) is 8.89. The number of esters is 1. The summed E-state index contributed by atoms with van der Waals surface area (Å²) in [4.78, 5) is 39.8. The molecule has 1 amide bonds. The van der Waals surface area contributed by atoms with Crippen molar-refractivity contribution in [3.8, 4) is 0 Å². The summed E-state index contributed by atoms with van der Waals surface area (Å²) in [7, 11) is 0. The standard InChI is InChI=1S/C24H31NO4/c26-22(25(20-10-3-1-4-11-20)21-12-5-2-6-13-21)16-29-24(28)19-14-17-8-7-9-18(15-19)23(17)27/h1,3-4,10-11,17-19,21H,2,5-9,12-16H2/t17-,18+,19?. The number of ketones is 1. The molecule has 156 valence electrons. The summed E-state index contributed by atoms with van der Waals surface area (Å²) in [6.45, 7) is -0.218. The summed E-state index contributed by atoms with van der Waals surface area (Å²) >= 11 is 0. The van der Waals surface area contributed by atoms with Crippen molar-refractivity contribution in [3.05, 3.63) is 30.3 Å². The maximum Gasteiger partial charge on any atom is 0.309 e. The quantitative estimate of drug-likeness (QED) is 0.695. The molecule has 3 aliphatic rings. The first kappa shape index (κ1) is 20.1. The van der Waals surface area contributed by atoms with Gasteiger partial charge in [-0.2, -0.15) is 0 Å². The highest BCUT2D eigenvalue weighted by molar-refractivity contribution is 5.96. The minimum absolute atomic E-state index is 0.0128. The van der Waals surface area contributed by atoms with Crippen LogP contribution in [0, 0.1) is 17.8 Å². The molecule has 0 saturated heterocycles. The Kier molecular flexibility index (Phi) is 6.31. The highest BCUT2D eigenvalue weighted by Gasteiger charge is 2.42. The van der Waals surface area contributed by atoms with Gasteiger partial charge >= 0.3 is 5.97 Å². The van der Waals surface area contributed by atoms with Crippen molar-refractivity contribution in [1.29, 1.82) is 0 Å². The molecule has 29 heavy (non-hydrogen) atoms. The van der Waals surface area contributed by atoms with Crippen LogP contribution in [0.3, 0.4) is 0 Å². The van der Waals surface area contributed by atoms with E-state index in [1.165, 1.54) is 6.42 Å². The van der Waals surface area contributed by atoms with E-state index in [0.29, 0.717) is 18.6 Å². The number of nitrogens with zero attached hydrogens (tertiary/aromatic N) is 1. The number of amides is 1. The first-order valence-electron chi connectivity index (χ1n) is 11.2. The minimum atomic E-state index is -0.306. The van der Waals surface area contributed by atoms with Crippen LogP contribution in [-0.4, -0.2) is 30.3 Å². The van der Waals surface area contributed by atoms with Crippen molar-refractivity contribution in [2.45, 2.75) is 70.3 Å². The van der Waals surface area contributed by atoms with Gasteiger partial charge in [-0.15, -0.1) is 0 Å². The van der Waals surface area contributed by atoms with Gasteiger partial charge in [0, 0.05) is 23.6 Å². The van der Waals surface area contributed by atoms with Crippen LogP contribution in [-0.2, 0) is 19.1 Å². The Hall–Kier alpha value is -2.17. The molecule has 0 N–H and O–H groups in total. The molecule has 0 spiro atoms. The van der Waals surface area contributed by atoms with Gasteiger partial charge in [0.25, 0.3) is 5.91 Å². The van der Waals surface area contributed by atoms with Crippen molar-refractivity contribution in [1.82, 2.24) is 0 Å². The fraction of sp³-hybridized carbons (Fsp3) is 0.625. The van der Waals surface area contributed by atoms with Crippen LogP contribution >= 0.6 is 0 Å². The Bertz CT molecular complexity index is 725. The molecule has 3 fully saturated rings. The van der Waals surface area contributed by atoms with E-state index in [4.69, 9.17) is 4.74 Å². The molecule has 5 heteroatoms. The topological polar surface area (TPSA) is 63.7 Å². The van der Waals surface area contributed by atoms with Crippen molar-refractivity contribution in [3.63, 3.8) is 0 Å². The van der Waals surface area contributed by atoms with Gasteiger partial charge in [-0.05, 0) is 50.7 Å². The Balaban J connectivity index is 1.39. The summed E-state index contributed by atoms with van der Waals surface area (Å²) in [5.41, 5.74) is 0.873. The predicted molar refractivity (Wildman–Crippen MR) is 110 cm³/mol. The Morgan fingerprint density at radius 3 is 2.21 bits per heavy atom. The Morgan fingerprint density at radius 2 is 1.55 bits per heavy atom. The maximum atomic E-state index is 13.1. The molecule has 0 aliphatic heterocycles. The molecule has 1 aromatic carbocycles. The third-order valence-electron chi connectivity index (χ3n) is 6.96. The summed E-state index contributed by atoms with van der Waals surface area (Å²) in [5.74, 6) is -0.333. The van der Waals surface area contributed by atoms with Crippen LogP contribution in [0.5, 0.6) is 0 Å². The maximum absolute atomic E-state index is 13.1. The molecule has 0 heterocycles. The van der Waals surface area contributed by atoms with Crippen LogP contribution in [0.2, 0.25) is 0 Å². The van der Waals surface area contributed by atoms with E-state index < -0.39 is 0 Å². The molecule has 3 saturated carbocycles. The summed E-state index contributed by atoms with van der Waals surface area (Å²) in [6, 6.07) is 9.87. The van der Waals surface area contributed by atoms with Crippen molar-refractivity contribution >= 4 is 23.3 Å². The molecule has 3 atom stereocenters. The number of para-hydroxylation sites is 1. The number of rotatable bonds is 5. The second kappa shape index (κ2) is 9.10. The van der Waals surface area contributed by atoms with E-state index >= 15 is 0 Å². The zero-order chi connectivity index (χ0) is 20.2. The molecule has 4 rings (SSSR count). The van der Waals surface area contributed by atoms with Crippen molar-refractivity contribution < 1.29 is 19.1 Å². The average molecular weight is 398 g/mol.